The van der Waals surface area contributed by atoms with Gasteiger partial charge in [-0.3, -0.25) is 9.59 Å². The van der Waals surface area contributed by atoms with Gasteiger partial charge in [-0.1, -0.05) is 32.1 Å². The Hall–Kier alpha value is -1.06. The maximum absolute atomic E-state index is 11.7. The molecule has 0 bridgehead atoms. The Bertz CT molecular complexity index is 317. The zero-order chi connectivity index (χ0) is 13.7. The van der Waals surface area contributed by atoms with Crippen LogP contribution in [0.4, 0.5) is 0 Å². The molecule has 0 aromatic carbocycles. The molecule has 2 rings (SSSR count). The summed E-state index contributed by atoms with van der Waals surface area (Å²) >= 11 is 0. The molecule has 2 fully saturated rings. The van der Waals surface area contributed by atoms with E-state index in [4.69, 9.17) is 5.11 Å². The van der Waals surface area contributed by atoms with Gasteiger partial charge >= 0.3 is 5.97 Å². The molecule has 2 N–H and O–H groups in total. The maximum Gasteiger partial charge on any atom is 0.306 e. The van der Waals surface area contributed by atoms with E-state index in [1.54, 1.807) is 0 Å². The molecular formula is C15H25NO3. The van der Waals surface area contributed by atoms with E-state index in [0.29, 0.717) is 19.3 Å². The lowest BCUT2D eigenvalue weighted by molar-refractivity contribution is -0.146. The summed E-state index contributed by atoms with van der Waals surface area (Å²) in [6.07, 6.45) is 10.7. The molecule has 2 aliphatic rings. The SMILES string of the molecule is O=C(CCCC1CCCCC1)NC1CC(C(=O)O)C1. The van der Waals surface area contributed by atoms with Gasteiger partial charge in [0, 0.05) is 12.5 Å². The summed E-state index contributed by atoms with van der Waals surface area (Å²) in [7, 11) is 0. The molecule has 4 heteroatoms. The number of hydrogen-bond donors (Lipinski definition) is 2. The molecule has 0 aromatic rings. The standard InChI is InChI=1S/C15H25NO3/c17-14(16-13-9-12(10-13)15(18)19)8-4-7-11-5-2-1-3-6-11/h11-13H,1-10H2,(H,16,17)(H,18,19). The Morgan fingerprint density at radius 2 is 1.79 bits per heavy atom. The number of aliphatic carboxylic acids is 1. The normalized spacial score (nSPS) is 27.6. The number of nitrogens with one attached hydrogen (secondary N) is 1. The van der Waals surface area contributed by atoms with Crippen molar-refractivity contribution in [3.05, 3.63) is 0 Å². The van der Waals surface area contributed by atoms with Crippen LogP contribution in [0.5, 0.6) is 0 Å². The summed E-state index contributed by atoms with van der Waals surface area (Å²) in [5.74, 6) is -0.0402. The largest absolute Gasteiger partial charge is 0.481 e. The Morgan fingerprint density at radius 1 is 1.11 bits per heavy atom. The molecule has 0 aliphatic heterocycles. The van der Waals surface area contributed by atoms with Crippen LogP contribution in [0.2, 0.25) is 0 Å². The molecule has 0 radical (unpaired) electrons. The Morgan fingerprint density at radius 3 is 2.42 bits per heavy atom. The van der Waals surface area contributed by atoms with Crippen molar-refractivity contribution in [2.45, 2.75) is 70.3 Å². The lowest BCUT2D eigenvalue weighted by Crippen LogP contribution is -2.46. The molecule has 1 amide bonds. The van der Waals surface area contributed by atoms with E-state index in [9.17, 15) is 9.59 Å². The predicted molar refractivity (Wildman–Crippen MR) is 72.7 cm³/mol. The second-order valence-electron chi connectivity index (χ2n) is 6.17. The van der Waals surface area contributed by atoms with Crippen LogP contribution in [0.3, 0.4) is 0 Å². The van der Waals surface area contributed by atoms with Crippen molar-refractivity contribution < 1.29 is 14.7 Å². The number of amides is 1. The summed E-state index contributed by atoms with van der Waals surface area (Å²) < 4.78 is 0. The van der Waals surface area contributed by atoms with E-state index >= 15 is 0 Å². The minimum Gasteiger partial charge on any atom is -0.481 e. The first kappa shape index (κ1) is 14.4. The fraction of sp³-hybridized carbons (Fsp3) is 0.867. The van der Waals surface area contributed by atoms with E-state index < -0.39 is 5.97 Å². The Balaban J connectivity index is 1.52. The van der Waals surface area contributed by atoms with Crippen LogP contribution >= 0.6 is 0 Å². The molecule has 0 spiro atoms. The first-order chi connectivity index (χ1) is 9.15. The van der Waals surface area contributed by atoms with Crippen LogP contribution in [0.1, 0.15) is 64.2 Å². The molecule has 0 aromatic heterocycles. The van der Waals surface area contributed by atoms with Crippen LogP contribution in [0.15, 0.2) is 0 Å². The third kappa shape index (κ3) is 4.51. The highest BCUT2D eigenvalue weighted by Crippen LogP contribution is 2.29. The topological polar surface area (TPSA) is 66.4 Å². The van der Waals surface area contributed by atoms with E-state index in [-0.39, 0.29) is 17.9 Å². The van der Waals surface area contributed by atoms with Gasteiger partial charge in [0.05, 0.1) is 5.92 Å². The van der Waals surface area contributed by atoms with E-state index in [1.807, 2.05) is 0 Å². The second-order valence-corrected chi connectivity index (χ2v) is 6.17. The summed E-state index contributed by atoms with van der Waals surface area (Å²) in [6, 6.07) is 0.100. The number of carboxylic acid groups (broad SMARTS) is 1. The molecule has 19 heavy (non-hydrogen) atoms. The number of carbonyl (C=O) groups excluding carboxylic acids is 1. The van der Waals surface area contributed by atoms with Crippen LogP contribution in [-0.2, 0) is 9.59 Å². The first-order valence-electron chi connectivity index (χ1n) is 7.67. The third-order valence-electron chi connectivity index (χ3n) is 4.59. The molecule has 2 aliphatic carbocycles. The number of hydrogen-bond acceptors (Lipinski definition) is 2. The van der Waals surface area contributed by atoms with Gasteiger partial charge in [0.2, 0.25) is 5.91 Å². The van der Waals surface area contributed by atoms with Crippen molar-refractivity contribution in [1.82, 2.24) is 5.32 Å². The molecular weight excluding hydrogens is 242 g/mol. The van der Waals surface area contributed by atoms with Gasteiger partial charge in [-0.25, -0.2) is 0 Å². The van der Waals surface area contributed by atoms with E-state index in [1.165, 1.54) is 38.5 Å². The van der Waals surface area contributed by atoms with Crippen LogP contribution in [-0.4, -0.2) is 23.0 Å². The van der Waals surface area contributed by atoms with Gasteiger partial charge in [0.1, 0.15) is 0 Å². The number of carboxylic acids is 1. The van der Waals surface area contributed by atoms with Crippen LogP contribution in [0.25, 0.3) is 0 Å². The summed E-state index contributed by atoms with van der Waals surface area (Å²) in [5.41, 5.74) is 0. The molecule has 108 valence electrons. The maximum atomic E-state index is 11.7. The zero-order valence-corrected chi connectivity index (χ0v) is 11.6. The molecule has 4 nitrogen and oxygen atoms in total. The van der Waals surface area contributed by atoms with Gasteiger partial charge in [0.15, 0.2) is 0 Å². The van der Waals surface area contributed by atoms with Crippen molar-refractivity contribution in [3.63, 3.8) is 0 Å². The third-order valence-corrected chi connectivity index (χ3v) is 4.59. The first-order valence-corrected chi connectivity index (χ1v) is 7.67. The summed E-state index contributed by atoms with van der Waals surface area (Å²) in [4.78, 5) is 22.4. The average Bonchev–Trinajstić information content (AvgIpc) is 2.34. The van der Waals surface area contributed by atoms with Crippen molar-refractivity contribution in [1.29, 1.82) is 0 Å². The smallest absolute Gasteiger partial charge is 0.306 e. The van der Waals surface area contributed by atoms with Gasteiger partial charge in [-0.2, -0.15) is 0 Å². The van der Waals surface area contributed by atoms with Crippen LogP contribution < -0.4 is 5.32 Å². The number of carbonyl (C=O) groups is 2. The fourth-order valence-electron chi connectivity index (χ4n) is 3.26. The van der Waals surface area contributed by atoms with Crippen molar-refractivity contribution >= 4 is 11.9 Å². The van der Waals surface area contributed by atoms with Crippen molar-refractivity contribution in [2.75, 3.05) is 0 Å². The quantitative estimate of drug-likeness (QED) is 0.777. The lowest BCUT2D eigenvalue weighted by atomic mass is 9.80. The average molecular weight is 267 g/mol. The minimum absolute atomic E-state index is 0.100. The highest BCUT2D eigenvalue weighted by atomic mass is 16.4. The molecule has 0 saturated heterocycles. The van der Waals surface area contributed by atoms with Gasteiger partial charge in [0.25, 0.3) is 0 Å². The number of rotatable bonds is 6. The highest BCUT2D eigenvalue weighted by Gasteiger charge is 2.35. The van der Waals surface area contributed by atoms with Crippen LogP contribution in [0, 0.1) is 11.8 Å². The van der Waals surface area contributed by atoms with E-state index in [0.717, 1.165) is 12.3 Å². The Kier molecular flexibility index (Phi) is 5.23. The minimum atomic E-state index is -0.734. The lowest BCUT2D eigenvalue weighted by Gasteiger charge is -2.32. The van der Waals surface area contributed by atoms with Crippen molar-refractivity contribution in [2.24, 2.45) is 11.8 Å². The Labute approximate surface area is 115 Å². The van der Waals surface area contributed by atoms with Gasteiger partial charge < -0.3 is 10.4 Å². The van der Waals surface area contributed by atoms with Gasteiger partial charge in [-0.05, 0) is 31.6 Å². The van der Waals surface area contributed by atoms with E-state index in [2.05, 4.69) is 5.32 Å². The fourth-order valence-corrected chi connectivity index (χ4v) is 3.26. The molecule has 0 atom stereocenters. The van der Waals surface area contributed by atoms with Crippen molar-refractivity contribution in [3.8, 4) is 0 Å². The van der Waals surface area contributed by atoms with Gasteiger partial charge in [-0.15, -0.1) is 0 Å². The monoisotopic (exact) mass is 267 g/mol. The zero-order valence-electron chi connectivity index (χ0n) is 11.6. The molecule has 0 unspecified atom stereocenters. The second kappa shape index (κ2) is 6.92. The summed E-state index contributed by atoms with van der Waals surface area (Å²) in [5, 5.41) is 11.7. The summed E-state index contributed by atoms with van der Waals surface area (Å²) in [6.45, 7) is 0. The predicted octanol–water partition coefficient (Wildman–Crippen LogP) is 2.72. The molecule has 2 saturated carbocycles. The molecule has 0 heterocycles. The highest BCUT2D eigenvalue weighted by molar-refractivity contribution is 5.77.